The van der Waals surface area contributed by atoms with Gasteiger partial charge in [0, 0.05) is 11.3 Å². The van der Waals surface area contributed by atoms with Crippen LogP contribution in [0.3, 0.4) is 0 Å². The number of ether oxygens (including phenoxy) is 1. The summed E-state index contributed by atoms with van der Waals surface area (Å²) in [5.74, 6) is -2.07. The first-order valence-electron chi connectivity index (χ1n) is 8.10. The third-order valence-corrected chi connectivity index (χ3v) is 4.57. The lowest BCUT2D eigenvalue weighted by Gasteiger charge is -2.21. The molecule has 0 unspecified atom stereocenters. The highest BCUT2D eigenvalue weighted by Crippen LogP contribution is 2.36. The van der Waals surface area contributed by atoms with Gasteiger partial charge in [0.2, 0.25) is 0 Å². The molecule has 1 aliphatic rings. The third-order valence-electron chi connectivity index (χ3n) is 4.24. The number of nitrogens with one attached hydrogen (secondary N) is 2. The molecule has 0 saturated heterocycles. The van der Waals surface area contributed by atoms with Crippen LogP contribution in [0, 0.1) is 5.92 Å². The normalized spacial score (nSPS) is 16.5. The third kappa shape index (κ3) is 4.41. The van der Waals surface area contributed by atoms with Gasteiger partial charge in [-0.15, -0.1) is 0 Å². The number of carbonyl (C=O) groups is 2. The fourth-order valence-electron chi connectivity index (χ4n) is 2.93. The molecule has 3 rings (SSSR count). The summed E-state index contributed by atoms with van der Waals surface area (Å²) in [5.41, 5.74) is -0.277. The Bertz CT molecular complexity index is 867. The van der Waals surface area contributed by atoms with E-state index in [2.05, 4.69) is 15.5 Å². The first-order chi connectivity index (χ1) is 12.8. The Morgan fingerprint density at radius 2 is 2.07 bits per heavy atom. The van der Waals surface area contributed by atoms with Crippen molar-refractivity contribution in [2.75, 3.05) is 11.9 Å². The van der Waals surface area contributed by atoms with Gasteiger partial charge in [-0.2, -0.15) is 18.3 Å². The van der Waals surface area contributed by atoms with Crippen LogP contribution in [0.15, 0.2) is 24.3 Å². The molecule has 1 aromatic heterocycles. The maximum absolute atomic E-state index is 13.0. The van der Waals surface area contributed by atoms with Crippen LogP contribution >= 0.6 is 11.6 Å². The van der Waals surface area contributed by atoms with E-state index in [1.165, 1.54) is 0 Å². The molecule has 1 amide bonds. The van der Waals surface area contributed by atoms with Crippen LogP contribution in [0.5, 0.6) is 0 Å². The zero-order valence-electron chi connectivity index (χ0n) is 13.9. The van der Waals surface area contributed by atoms with Crippen molar-refractivity contribution in [3.63, 3.8) is 0 Å². The van der Waals surface area contributed by atoms with Gasteiger partial charge in [0.25, 0.3) is 5.91 Å². The van der Waals surface area contributed by atoms with Gasteiger partial charge in [-0.25, -0.2) is 0 Å². The van der Waals surface area contributed by atoms with Crippen molar-refractivity contribution in [1.82, 2.24) is 10.2 Å². The molecule has 27 heavy (non-hydrogen) atoms. The van der Waals surface area contributed by atoms with Crippen molar-refractivity contribution in [1.29, 1.82) is 0 Å². The number of aromatic amines is 1. The van der Waals surface area contributed by atoms with E-state index < -0.39 is 36.3 Å². The highest BCUT2D eigenvalue weighted by Gasteiger charge is 2.40. The van der Waals surface area contributed by atoms with E-state index in [0.717, 1.165) is 0 Å². The summed E-state index contributed by atoms with van der Waals surface area (Å²) in [6.07, 6.45) is -4.15. The summed E-state index contributed by atoms with van der Waals surface area (Å²) in [6, 6.07) is 6.55. The zero-order chi connectivity index (χ0) is 19.6. The molecule has 1 aliphatic carbocycles. The molecule has 0 radical (unpaired) electrons. The summed E-state index contributed by atoms with van der Waals surface area (Å²) >= 11 is 5.92. The molecule has 1 aromatic carbocycles. The second-order valence-corrected chi connectivity index (χ2v) is 6.51. The number of fused-ring (bicyclic) bond motifs is 1. The molecule has 1 atom stereocenters. The summed E-state index contributed by atoms with van der Waals surface area (Å²) in [4.78, 5) is 24.1. The van der Waals surface area contributed by atoms with E-state index in [9.17, 15) is 22.8 Å². The van der Waals surface area contributed by atoms with E-state index in [4.69, 9.17) is 16.3 Å². The molecular weight excluding hydrogens is 387 g/mol. The summed E-state index contributed by atoms with van der Waals surface area (Å²) in [5, 5.41) is 8.52. The van der Waals surface area contributed by atoms with Gasteiger partial charge in [-0.1, -0.05) is 23.7 Å². The number of hydrogen-bond acceptors (Lipinski definition) is 4. The van der Waals surface area contributed by atoms with Crippen LogP contribution in [0.2, 0.25) is 5.02 Å². The van der Waals surface area contributed by atoms with Crippen molar-refractivity contribution in [3.8, 4) is 0 Å². The number of aromatic nitrogens is 2. The summed E-state index contributed by atoms with van der Waals surface area (Å²) in [7, 11) is 0. The van der Waals surface area contributed by atoms with Crippen LogP contribution in [0.25, 0.3) is 0 Å². The molecule has 2 aromatic rings. The SMILES string of the molecule is O=C(COC(=O)[C@H]1CCc2[nH]nc(C(F)(F)F)c2C1)Nc1ccccc1Cl. The number of alkyl halides is 3. The number of H-pyrrole nitrogens is 1. The minimum Gasteiger partial charge on any atom is -0.455 e. The second kappa shape index (κ2) is 7.59. The average molecular weight is 402 g/mol. The highest BCUT2D eigenvalue weighted by atomic mass is 35.5. The highest BCUT2D eigenvalue weighted by molar-refractivity contribution is 6.33. The molecule has 2 N–H and O–H groups in total. The number of halogens is 4. The lowest BCUT2D eigenvalue weighted by atomic mass is 9.86. The minimum atomic E-state index is -4.59. The molecule has 6 nitrogen and oxygen atoms in total. The van der Waals surface area contributed by atoms with Crippen LogP contribution in [0.1, 0.15) is 23.4 Å². The van der Waals surface area contributed by atoms with Crippen molar-refractivity contribution in [3.05, 3.63) is 46.2 Å². The fraction of sp³-hybridized carbons (Fsp3) is 0.353. The summed E-state index contributed by atoms with van der Waals surface area (Å²) < 4.78 is 43.9. The number of nitrogens with zero attached hydrogens (tertiary/aromatic N) is 1. The topological polar surface area (TPSA) is 84.1 Å². The van der Waals surface area contributed by atoms with Gasteiger partial charge >= 0.3 is 12.1 Å². The molecule has 144 valence electrons. The maximum Gasteiger partial charge on any atom is 0.435 e. The van der Waals surface area contributed by atoms with E-state index in [-0.39, 0.29) is 18.4 Å². The molecule has 10 heteroatoms. The summed E-state index contributed by atoms with van der Waals surface area (Å²) in [6.45, 7) is -0.551. The first-order valence-corrected chi connectivity index (χ1v) is 8.48. The van der Waals surface area contributed by atoms with Crippen LogP contribution in [-0.4, -0.2) is 28.7 Å². The van der Waals surface area contributed by atoms with Crippen molar-refractivity contribution < 1.29 is 27.5 Å². The Morgan fingerprint density at radius 3 is 2.78 bits per heavy atom. The number of para-hydroxylation sites is 1. The van der Waals surface area contributed by atoms with Crippen molar-refractivity contribution >= 4 is 29.2 Å². The quantitative estimate of drug-likeness (QED) is 0.769. The number of carbonyl (C=O) groups excluding carboxylic acids is 2. The lowest BCUT2D eigenvalue weighted by Crippen LogP contribution is -2.29. The van der Waals surface area contributed by atoms with Crippen LogP contribution in [0.4, 0.5) is 18.9 Å². The van der Waals surface area contributed by atoms with Crippen molar-refractivity contribution in [2.24, 2.45) is 5.92 Å². The van der Waals surface area contributed by atoms with E-state index >= 15 is 0 Å². The lowest BCUT2D eigenvalue weighted by molar-refractivity contribution is -0.152. The monoisotopic (exact) mass is 401 g/mol. The minimum absolute atomic E-state index is 0.0174. The number of amides is 1. The molecule has 0 saturated carbocycles. The smallest absolute Gasteiger partial charge is 0.435 e. The molecule has 0 fully saturated rings. The van der Waals surface area contributed by atoms with Gasteiger partial charge in [-0.3, -0.25) is 14.7 Å². The number of hydrogen-bond donors (Lipinski definition) is 2. The van der Waals surface area contributed by atoms with E-state index in [1.54, 1.807) is 24.3 Å². The Balaban J connectivity index is 1.57. The number of aryl methyl sites for hydroxylation is 1. The van der Waals surface area contributed by atoms with Gasteiger partial charge in [-0.05, 0) is 31.4 Å². The number of esters is 1. The Kier molecular flexibility index (Phi) is 5.41. The van der Waals surface area contributed by atoms with Gasteiger partial charge in [0.15, 0.2) is 12.3 Å². The number of rotatable bonds is 4. The van der Waals surface area contributed by atoms with Gasteiger partial charge in [0.05, 0.1) is 16.6 Å². The second-order valence-electron chi connectivity index (χ2n) is 6.10. The van der Waals surface area contributed by atoms with Crippen molar-refractivity contribution in [2.45, 2.75) is 25.4 Å². The zero-order valence-corrected chi connectivity index (χ0v) is 14.7. The average Bonchev–Trinajstić information content (AvgIpc) is 3.05. The van der Waals surface area contributed by atoms with E-state index in [0.29, 0.717) is 22.8 Å². The molecule has 0 spiro atoms. The Morgan fingerprint density at radius 1 is 1.33 bits per heavy atom. The van der Waals surface area contributed by atoms with Crippen LogP contribution in [-0.2, 0) is 33.3 Å². The first kappa shape index (κ1) is 19.2. The van der Waals surface area contributed by atoms with E-state index in [1.807, 2.05) is 0 Å². The maximum atomic E-state index is 13.0. The van der Waals surface area contributed by atoms with Crippen LogP contribution < -0.4 is 5.32 Å². The molecule has 0 aliphatic heterocycles. The number of benzene rings is 1. The van der Waals surface area contributed by atoms with Gasteiger partial charge < -0.3 is 10.1 Å². The molecule has 1 heterocycles. The van der Waals surface area contributed by atoms with Gasteiger partial charge in [0.1, 0.15) is 0 Å². The largest absolute Gasteiger partial charge is 0.455 e. The Hall–Kier alpha value is -2.55. The number of anilines is 1. The predicted molar refractivity (Wildman–Crippen MR) is 90.1 cm³/mol. The fourth-order valence-corrected chi connectivity index (χ4v) is 3.12. The predicted octanol–water partition coefficient (Wildman–Crippen LogP) is 3.37. The Labute approximate surface area is 157 Å². The molecular formula is C17H15ClF3N3O3. The standard InChI is InChI=1S/C17H15ClF3N3O3/c18-11-3-1-2-4-13(11)22-14(25)8-27-16(26)9-5-6-12-10(7-9)15(24-23-12)17(19,20)21/h1-4,9H,5-8H2,(H,22,25)(H,23,24)/t9-/m0/s1. The molecule has 0 bridgehead atoms.